The van der Waals surface area contributed by atoms with Crippen molar-refractivity contribution in [2.45, 2.75) is 19.3 Å². The van der Waals surface area contributed by atoms with Gasteiger partial charge in [0.05, 0.1) is 0 Å². The highest BCUT2D eigenvalue weighted by molar-refractivity contribution is 5.96. The van der Waals surface area contributed by atoms with Gasteiger partial charge in [-0.1, -0.05) is 30.3 Å². The van der Waals surface area contributed by atoms with Gasteiger partial charge in [0.25, 0.3) is 0 Å². The van der Waals surface area contributed by atoms with Crippen LogP contribution in [-0.2, 0) is 11.8 Å². The van der Waals surface area contributed by atoms with Crippen LogP contribution in [-0.4, -0.2) is 28.0 Å². The summed E-state index contributed by atoms with van der Waals surface area (Å²) in [6, 6.07) is 14.4. The monoisotopic (exact) mass is 423 g/mol. The van der Waals surface area contributed by atoms with Crippen molar-refractivity contribution in [3.63, 3.8) is 0 Å². The van der Waals surface area contributed by atoms with Gasteiger partial charge in [0.15, 0.2) is 12.4 Å². The van der Waals surface area contributed by atoms with Crippen LogP contribution in [0.3, 0.4) is 0 Å². The molecule has 0 saturated carbocycles. The number of aryl methyl sites for hydroxylation is 2. The zero-order valence-corrected chi connectivity index (χ0v) is 17.2. The summed E-state index contributed by atoms with van der Waals surface area (Å²) < 4.78 is 21.4. The molecule has 0 spiro atoms. The summed E-state index contributed by atoms with van der Waals surface area (Å²) in [7, 11) is 1.56. The van der Waals surface area contributed by atoms with Gasteiger partial charge in [-0.2, -0.15) is 0 Å². The van der Waals surface area contributed by atoms with E-state index in [1.807, 2.05) is 31.2 Å². The number of carbonyl (C=O) groups excluding carboxylic acids is 1. The predicted molar refractivity (Wildman–Crippen MR) is 113 cm³/mol. The fraction of sp³-hybridized carbons (Fsp3) is 0.208. The molecular formula is C24H22FNO5. The van der Waals surface area contributed by atoms with Gasteiger partial charge in [-0.25, -0.2) is 9.18 Å². The number of carboxylic acids is 1. The number of aliphatic carboxylic acids is 1. The lowest BCUT2D eigenvalue weighted by atomic mass is 9.83. The second kappa shape index (κ2) is 9.38. The Balaban J connectivity index is 1.98. The van der Waals surface area contributed by atoms with Gasteiger partial charge in [-0.05, 0) is 35.7 Å². The average molecular weight is 423 g/mol. The van der Waals surface area contributed by atoms with Gasteiger partial charge >= 0.3 is 5.97 Å². The Labute approximate surface area is 178 Å². The van der Waals surface area contributed by atoms with E-state index in [1.54, 1.807) is 7.05 Å². The predicted octanol–water partition coefficient (Wildman–Crippen LogP) is 3.70. The fourth-order valence-electron chi connectivity index (χ4n) is 3.45. The van der Waals surface area contributed by atoms with Crippen LogP contribution in [0.4, 0.5) is 4.39 Å². The van der Waals surface area contributed by atoms with E-state index in [0.29, 0.717) is 11.1 Å². The largest absolute Gasteiger partial charge is 0.482 e. The van der Waals surface area contributed by atoms with Crippen LogP contribution >= 0.6 is 0 Å². The Hall–Kier alpha value is -3.74. The first-order valence-corrected chi connectivity index (χ1v) is 9.65. The molecule has 0 aliphatic rings. The van der Waals surface area contributed by atoms with Crippen LogP contribution < -0.4 is 10.3 Å². The highest BCUT2D eigenvalue weighted by Gasteiger charge is 2.24. The van der Waals surface area contributed by atoms with Gasteiger partial charge in [0.1, 0.15) is 11.6 Å². The molecule has 0 aliphatic heterocycles. The molecule has 0 aliphatic carbocycles. The molecular weight excluding hydrogens is 401 g/mol. The minimum Gasteiger partial charge on any atom is -0.482 e. The second-order valence-electron chi connectivity index (χ2n) is 7.27. The standard InChI is InChI=1S/C24H22FNO5/c1-15-5-3-4-6-18(15)20(12-22(27)16-7-10-23(28)26(2)13-16)19-9-8-17(11-21(19)25)31-14-24(29)30/h3-11,13,20H,12,14H2,1-2H3,(H,29,30). The first-order valence-electron chi connectivity index (χ1n) is 9.65. The number of hydrogen-bond donors (Lipinski definition) is 1. The van der Waals surface area contributed by atoms with Gasteiger partial charge in [0.2, 0.25) is 5.56 Å². The molecule has 0 radical (unpaired) electrons. The lowest BCUT2D eigenvalue weighted by molar-refractivity contribution is -0.139. The van der Waals surface area contributed by atoms with Crippen molar-refractivity contribution in [3.8, 4) is 5.75 Å². The van der Waals surface area contributed by atoms with Crippen molar-refractivity contribution in [1.29, 1.82) is 0 Å². The molecule has 1 aromatic heterocycles. The molecule has 1 unspecified atom stereocenters. The number of carboxylic acid groups (broad SMARTS) is 1. The maximum absolute atomic E-state index is 15.0. The summed E-state index contributed by atoms with van der Waals surface area (Å²) >= 11 is 0. The molecule has 0 saturated heterocycles. The van der Waals surface area contributed by atoms with E-state index in [-0.39, 0.29) is 23.5 Å². The van der Waals surface area contributed by atoms with Crippen LogP contribution in [0.15, 0.2) is 65.6 Å². The van der Waals surface area contributed by atoms with Crippen molar-refractivity contribution in [3.05, 3.63) is 99.2 Å². The SMILES string of the molecule is Cc1ccccc1C(CC(=O)c1ccc(=O)n(C)c1)c1ccc(OCC(=O)O)cc1F. The van der Waals surface area contributed by atoms with Gasteiger partial charge < -0.3 is 14.4 Å². The minimum absolute atomic E-state index is 0.00466. The third-order valence-corrected chi connectivity index (χ3v) is 5.07. The van der Waals surface area contributed by atoms with E-state index < -0.39 is 24.3 Å². The molecule has 31 heavy (non-hydrogen) atoms. The Bertz CT molecular complexity index is 1180. The normalized spacial score (nSPS) is 11.7. The molecule has 1 atom stereocenters. The average Bonchev–Trinajstić information content (AvgIpc) is 2.73. The van der Waals surface area contributed by atoms with Crippen LogP contribution in [0, 0.1) is 12.7 Å². The minimum atomic E-state index is -1.16. The topological polar surface area (TPSA) is 85.6 Å². The van der Waals surface area contributed by atoms with Crippen LogP contribution in [0.1, 0.15) is 39.4 Å². The number of ether oxygens (including phenoxy) is 1. The number of hydrogen-bond acceptors (Lipinski definition) is 4. The van der Waals surface area contributed by atoms with E-state index in [4.69, 9.17) is 9.84 Å². The third-order valence-electron chi connectivity index (χ3n) is 5.07. The first kappa shape index (κ1) is 22.0. The molecule has 3 rings (SSSR count). The van der Waals surface area contributed by atoms with E-state index in [1.165, 1.54) is 35.0 Å². The van der Waals surface area contributed by atoms with E-state index >= 15 is 4.39 Å². The Morgan fingerprint density at radius 2 is 1.84 bits per heavy atom. The maximum Gasteiger partial charge on any atom is 0.341 e. The summed E-state index contributed by atoms with van der Waals surface area (Å²) in [5, 5.41) is 8.73. The Morgan fingerprint density at radius 1 is 1.10 bits per heavy atom. The van der Waals surface area contributed by atoms with Gasteiger partial charge in [0, 0.05) is 43.3 Å². The summed E-state index contributed by atoms with van der Waals surface area (Å²) in [5.74, 6) is -2.46. The number of nitrogens with zero attached hydrogens (tertiary/aromatic N) is 1. The van der Waals surface area contributed by atoms with E-state index in [2.05, 4.69) is 0 Å². The van der Waals surface area contributed by atoms with Crippen molar-refractivity contribution in [2.24, 2.45) is 7.05 Å². The van der Waals surface area contributed by atoms with Crippen molar-refractivity contribution in [1.82, 2.24) is 4.57 Å². The fourth-order valence-corrected chi connectivity index (χ4v) is 3.45. The number of aromatic nitrogens is 1. The van der Waals surface area contributed by atoms with Crippen LogP contribution in [0.2, 0.25) is 0 Å². The Morgan fingerprint density at radius 3 is 2.48 bits per heavy atom. The number of carbonyl (C=O) groups is 2. The summed E-state index contributed by atoms with van der Waals surface area (Å²) in [4.78, 5) is 35.3. The first-order chi connectivity index (χ1) is 14.8. The molecule has 160 valence electrons. The quantitative estimate of drug-likeness (QED) is 0.559. The molecule has 1 heterocycles. The molecule has 6 nitrogen and oxygen atoms in total. The lowest BCUT2D eigenvalue weighted by Crippen LogP contribution is -2.18. The molecule has 2 aromatic carbocycles. The third kappa shape index (κ3) is 5.25. The van der Waals surface area contributed by atoms with Gasteiger partial charge in [-0.15, -0.1) is 0 Å². The molecule has 0 amide bonds. The molecule has 0 bridgehead atoms. The van der Waals surface area contributed by atoms with E-state index in [9.17, 15) is 14.4 Å². The number of pyridine rings is 1. The highest BCUT2D eigenvalue weighted by atomic mass is 19.1. The second-order valence-corrected chi connectivity index (χ2v) is 7.27. The van der Waals surface area contributed by atoms with Gasteiger partial charge in [-0.3, -0.25) is 9.59 Å². The molecule has 0 fully saturated rings. The maximum atomic E-state index is 15.0. The summed E-state index contributed by atoms with van der Waals surface area (Å²) in [6.07, 6.45) is 1.47. The highest BCUT2D eigenvalue weighted by Crippen LogP contribution is 2.34. The number of halogens is 1. The smallest absolute Gasteiger partial charge is 0.341 e. The molecule has 7 heteroatoms. The molecule has 1 N–H and O–H groups in total. The zero-order chi connectivity index (χ0) is 22.5. The zero-order valence-electron chi connectivity index (χ0n) is 17.2. The molecule has 3 aromatic rings. The number of rotatable bonds is 8. The number of Topliss-reactive ketones (excluding diaryl/α,β-unsaturated/α-hetero) is 1. The van der Waals surface area contributed by atoms with Crippen molar-refractivity contribution < 1.29 is 23.8 Å². The van der Waals surface area contributed by atoms with Crippen LogP contribution in [0.5, 0.6) is 5.75 Å². The van der Waals surface area contributed by atoms with Crippen LogP contribution in [0.25, 0.3) is 0 Å². The number of benzene rings is 2. The Kier molecular flexibility index (Phi) is 6.65. The number of ketones is 1. The van der Waals surface area contributed by atoms with E-state index in [0.717, 1.165) is 17.2 Å². The van der Waals surface area contributed by atoms with Crippen molar-refractivity contribution in [2.75, 3.05) is 6.61 Å². The summed E-state index contributed by atoms with van der Waals surface area (Å²) in [5.41, 5.74) is 2.15. The summed E-state index contributed by atoms with van der Waals surface area (Å²) in [6.45, 7) is 1.31. The van der Waals surface area contributed by atoms with Crippen molar-refractivity contribution >= 4 is 11.8 Å². The lowest BCUT2D eigenvalue weighted by Gasteiger charge is -2.21.